The first kappa shape index (κ1) is 13.4. The molecule has 0 saturated carbocycles. The molecule has 3 nitrogen and oxygen atoms in total. The van der Waals surface area contributed by atoms with Crippen molar-refractivity contribution in [1.29, 1.82) is 0 Å². The Kier molecular flexibility index (Phi) is 4.27. The van der Waals surface area contributed by atoms with Gasteiger partial charge in [0.2, 0.25) is 0 Å². The number of benzene rings is 1. The van der Waals surface area contributed by atoms with Crippen LogP contribution in [0.1, 0.15) is 16.1 Å². The highest BCUT2D eigenvalue weighted by Crippen LogP contribution is 2.24. The predicted octanol–water partition coefficient (Wildman–Crippen LogP) is 4.08. The molecule has 2 rings (SSSR count). The summed E-state index contributed by atoms with van der Waals surface area (Å²) in [6.07, 6.45) is 1.95. The number of thiazole rings is 1. The number of thioether (sulfide) groups is 1. The molecule has 0 spiro atoms. The van der Waals surface area contributed by atoms with Crippen LogP contribution >= 0.6 is 34.7 Å². The van der Waals surface area contributed by atoms with Gasteiger partial charge in [0.25, 0.3) is 5.91 Å². The number of amides is 1. The number of anilines is 1. The van der Waals surface area contributed by atoms with Gasteiger partial charge >= 0.3 is 0 Å². The van der Waals surface area contributed by atoms with E-state index in [1.807, 2.05) is 24.6 Å². The molecule has 0 unspecified atom stereocenters. The lowest BCUT2D eigenvalue weighted by Crippen LogP contribution is -2.12. The third kappa shape index (κ3) is 3.04. The summed E-state index contributed by atoms with van der Waals surface area (Å²) in [7, 11) is 0. The summed E-state index contributed by atoms with van der Waals surface area (Å²) in [5.74, 6) is -0.231. The molecule has 1 heterocycles. The van der Waals surface area contributed by atoms with Gasteiger partial charge in [-0.05, 0) is 31.4 Å². The van der Waals surface area contributed by atoms with Crippen molar-refractivity contribution in [3.05, 3.63) is 39.9 Å². The quantitative estimate of drug-likeness (QED) is 0.868. The van der Waals surface area contributed by atoms with Gasteiger partial charge in [0.05, 0.1) is 16.3 Å². The average molecular weight is 299 g/mol. The van der Waals surface area contributed by atoms with Gasteiger partial charge in [-0.1, -0.05) is 11.6 Å². The van der Waals surface area contributed by atoms with E-state index in [2.05, 4.69) is 10.3 Å². The van der Waals surface area contributed by atoms with Crippen LogP contribution in [0.4, 0.5) is 5.13 Å². The number of carbonyl (C=O) groups excluding carboxylic acids is 1. The van der Waals surface area contributed by atoms with Crippen molar-refractivity contribution >= 4 is 45.7 Å². The van der Waals surface area contributed by atoms with E-state index in [0.29, 0.717) is 15.7 Å². The summed E-state index contributed by atoms with van der Waals surface area (Å²) in [4.78, 5) is 17.3. The molecule has 0 bridgehead atoms. The summed E-state index contributed by atoms with van der Waals surface area (Å²) < 4.78 is 0. The molecule has 0 atom stereocenters. The van der Waals surface area contributed by atoms with Gasteiger partial charge in [0.15, 0.2) is 5.13 Å². The minimum atomic E-state index is -0.231. The second kappa shape index (κ2) is 5.73. The van der Waals surface area contributed by atoms with Gasteiger partial charge in [-0.25, -0.2) is 4.98 Å². The SMILES string of the molecule is CSc1ccc(Cl)c(C(=O)Nc2nc(C)cs2)c1. The van der Waals surface area contributed by atoms with Crippen LogP contribution in [0, 0.1) is 6.92 Å². The lowest BCUT2D eigenvalue weighted by Gasteiger charge is -2.05. The Morgan fingerprint density at radius 2 is 2.28 bits per heavy atom. The monoisotopic (exact) mass is 298 g/mol. The van der Waals surface area contributed by atoms with Crippen LogP contribution in [0.5, 0.6) is 0 Å². The average Bonchev–Trinajstić information content (AvgIpc) is 2.75. The van der Waals surface area contributed by atoms with Gasteiger partial charge in [-0.2, -0.15) is 0 Å². The maximum atomic E-state index is 12.1. The third-order valence-electron chi connectivity index (χ3n) is 2.26. The topological polar surface area (TPSA) is 42.0 Å². The summed E-state index contributed by atoms with van der Waals surface area (Å²) >= 11 is 9.00. The number of halogens is 1. The molecule has 6 heteroatoms. The molecule has 2 aromatic rings. The number of aryl methyl sites for hydroxylation is 1. The van der Waals surface area contributed by atoms with Gasteiger partial charge in [0, 0.05) is 10.3 Å². The second-order valence-electron chi connectivity index (χ2n) is 3.59. The summed E-state index contributed by atoms with van der Waals surface area (Å²) in [6, 6.07) is 5.40. The Labute approximate surface area is 119 Å². The van der Waals surface area contributed by atoms with E-state index in [0.717, 1.165) is 10.6 Å². The predicted molar refractivity (Wildman–Crippen MR) is 78.0 cm³/mol. The Balaban J connectivity index is 2.23. The first-order valence-corrected chi connectivity index (χ1v) is 7.65. The number of carbonyl (C=O) groups is 1. The number of rotatable bonds is 3. The number of nitrogens with one attached hydrogen (secondary N) is 1. The van der Waals surface area contributed by atoms with Crippen molar-refractivity contribution in [1.82, 2.24) is 4.98 Å². The molecule has 1 aromatic carbocycles. The lowest BCUT2D eigenvalue weighted by molar-refractivity contribution is 0.102. The second-order valence-corrected chi connectivity index (χ2v) is 5.74. The number of hydrogen-bond donors (Lipinski definition) is 1. The van der Waals surface area contributed by atoms with Gasteiger partial charge in [0.1, 0.15) is 0 Å². The molecule has 1 amide bonds. The smallest absolute Gasteiger partial charge is 0.258 e. The summed E-state index contributed by atoms with van der Waals surface area (Å²) in [5.41, 5.74) is 1.36. The molecule has 94 valence electrons. The zero-order valence-electron chi connectivity index (χ0n) is 9.86. The zero-order chi connectivity index (χ0) is 13.1. The third-order valence-corrected chi connectivity index (χ3v) is 4.19. The maximum absolute atomic E-state index is 12.1. The van der Waals surface area contributed by atoms with Gasteiger partial charge in [-0.15, -0.1) is 23.1 Å². The summed E-state index contributed by atoms with van der Waals surface area (Å²) in [5, 5.41) is 5.66. The first-order valence-electron chi connectivity index (χ1n) is 5.17. The van der Waals surface area contributed by atoms with Crippen LogP contribution in [0.25, 0.3) is 0 Å². The van der Waals surface area contributed by atoms with E-state index in [1.165, 1.54) is 11.3 Å². The van der Waals surface area contributed by atoms with E-state index < -0.39 is 0 Å². The van der Waals surface area contributed by atoms with Crippen molar-refractivity contribution in [2.75, 3.05) is 11.6 Å². The molecule has 18 heavy (non-hydrogen) atoms. The highest BCUT2D eigenvalue weighted by atomic mass is 35.5. The Morgan fingerprint density at radius 3 is 2.89 bits per heavy atom. The fourth-order valence-corrected chi connectivity index (χ4v) is 2.71. The van der Waals surface area contributed by atoms with Crippen molar-refractivity contribution < 1.29 is 4.79 Å². The van der Waals surface area contributed by atoms with E-state index in [9.17, 15) is 4.79 Å². The Morgan fingerprint density at radius 1 is 1.50 bits per heavy atom. The molecule has 0 aliphatic carbocycles. The molecule has 0 saturated heterocycles. The van der Waals surface area contributed by atoms with Crippen LogP contribution < -0.4 is 5.32 Å². The van der Waals surface area contributed by atoms with E-state index in [4.69, 9.17) is 11.6 Å². The molecule has 0 aliphatic heterocycles. The number of nitrogens with zero attached hydrogens (tertiary/aromatic N) is 1. The van der Waals surface area contributed by atoms with Crippen molar-refractivity contribution in [3.8, 4) is 0 Å². The fraction of sp³-hybridized carbons (Fsp3) is 0.167. The van der Waals surface area contributed by atoms with Crippen molar-refractivity contribution in [3.63, 3.8) is 0 Å². The minimum absolute atomic E-state index is 0.231. The van der Waals surface area contributed by atoms with E-state index in [1.54, 1.807) is 23.9 Å². The molecule has 0 fully saturated rings. The van der Waals surface area contributed by atoms with Crippen molar-refractivity contribution in [2.24, 2.45) is 0 Å². The Hall–Kier alpha value is -1.04. The van der Waals surface area contributed by atoms with Crippen molar-refractivity contribution in [2.45, 2.75) is 11.8 Å². The van der Waals surface area contributed by atoms with Crippen LogP contribution in [-0.2, 0) is 0 Å². The van der Waals surface area contributed by atoms with Crippen LogP contribution in [0.2, 0.25) is 5.02 Å². The number of hydrogen-bond acceptors (Lipinski definition) is 4. The number of aromatic nitrogens is 1. The maximum Gasteiger partial charge on any atom is 0.258 e. The summed E-state index contributed by atoms with van der Waals surface area (Å²) in [6.45, 7) is 1.88. The zero-order valence-corrected chi connectivity index (χ0v) is 12.2. The van der Waals surface area contributed by atoms with Crippen LogP contribution in [-0.4, -0.2) is 17.1 Å². The first-order chi connectivity index (χ1) is 8.60. The standard InChI is InChI=1S/C12H11ClN2OS2/c1-7-6-18-12(14-7)15-11(16)9-5-8(17-2)3-4-10(9)13/h3-6H,1-2H3,(H,14,15,16). The Bertz CT molecular complexity index is 583. The van der Waals surface area contributed by atoms with E-state index in [-0.39, 0.29) is 5.91 Å². The molecule has 0 radical (unpaired) electrons. The highest BCUT2D eigenvalue weighted by molar-refractivity contribution is 7.98. The van der Waals surface area contributed by atoms with Crippen LogP contribution in [0.3, 0.4) is 0 Å². The fourth-order valence-electron chi connectivity index (χ4n) is 1.38. The minimum Gasteiger partial charge on any atom is -0.298 e. The molecular formula is C12H11ClN2OS2. The highest BCUT2D eigenvalue weighted by Gasteiger charge is 2.12. The van der Waals surface area contributed by atoms with E-state index >= 15 is 0 Å². The molecule has 1 N–H and O–H groups in total. The molecule has 0 aliphatic rings. The molecule has 1 aromatic heterocycles. The van der Waals surface area contributed by atoms with Gasteiger partial charge in [-0.3, -0.25) is 10.1 Å². The van der Waals surface area contributed by atoms with Crippen LogP contribution in [0.15, 0.2) is 28.5 Å². The lowest BCUT2D eigenvalue weighted by atomic mass is 10.2. The molecular weight excluding hydrogens is 288 g/mol. The largest absolute Gasteiger partial charge is 0.298 e. The van der Waals surface area contributed by atoms with Gasteiger partial charge < -0.3 is 0 Å². The normalized spacial score (nSPS) is 10.4.